The number of hydrogen-bond donors (Lipinski definition) is 2. The van der Waals surface area contributed by atoms with Crippen LogP contribution in [-0.4, -0.2) is 54.2 Å². The molecule has 1 saturated heterocycles. The summed E-state index contributed by atoms with van der Waals surface area (Å²) < 4.78 is 0. The van der Waals surface area contributed by atoms with E-state index < -0.39 is 11.5 Å². The molecular weight excluding hydrogens is 330 g/mol. The van der Waals surface area contributed by atoms with Gasteiger partial charge in [0.05, 0.1) is 0 Å². The highest BCUT2D eigenvalue weighted by Crippen LogP contribution is 2.23. The number of anilines is 1. The summed E-state index contributed by atoms with van der Waals surface area (Å²) in [5, 5.41) is 8.93. The summed E-state index contributed by atoms with van der Waals surface area (Å²) in [6.45, 7) is 3.98. The van der Waals surface area contributed by atoms with Gasteiger partial charge in [-0.15, -0.1) is 12.4 Å². The summed E-state index contributed by atoms with van der Waals surface area (Å²) >= 11 is 0. The number of nitrogens with one attached hydrogen (secondary N) is 1. The average molecular weight is 350 g/mol. The van der Waals surface area contributed by atoms with Gasteiger partial charge in [-0.1, -0.05) is 12.1 Å². The van der Waals surface area contributed by atoms with Gasteiger partial charge in [0, 0.05) is 43.1 Å². The second-order valence-electron chi connectivity index (χ2n) is 5.76. The van der Waals surface area contributed by atoms with Crippen molar-refractivity contribution in [2.45, 2.75) is 0 Å². The molecule has 0 saturated carbocycles. The fourth-order valence-corrected chi connectivity index (χ4v) is 2.75. The number of pyridine rings is 1. The van der Waals surface area contributed by atoms with Gasteiger partial charge in [-0.25, -0.2) is 4.79 Å². The predicted octanol–water partition coefficient (Wildman–Crippen LogP) is 1.91. The summed E-state index contributed by atoms with van der Waals surface area (Å²) in [6.07, 6.45) is 0. The zero-order valence-electron chi connectivity index (χ0n) is 13.4. The molecule has 1 aliphatic heterocycles. The van der Waals surface area contributed by atoms with Crippen molar-refractivity contribution in [1.82, 2.24) is 9.88 Å². The van der Waals surface area contributed by atoms with Crippen LogP contribution in [-0.2, 0) is 0 Å². The number of aromatic amines is 1. The van der Waals surface area contributed by atoms with E-state index in [1.54, 1.807) is 6.07 Å². The Bertz CT molecular complexity index is 783. The van der Waals surface area contributed by atoms with Gasteiger partial charge in [0.15, 0.2) is 0 Å². The number of carboxylic acids is 1. The summed E-state index contributed by atoms with van der Waals surface area (Å²) in [6, 6.07) is 10.9. The number of halogens is 1. The first-order chi connectivity index (χ1) is 11.0. The Kier molecular flexibility index (Phi) is 5.64. The highest BCUT2D eigenvalue weighted by molar-refractivity contribution is 5.87. The summed E-state index contributed by atoms with van der Waals surface area (Å²) in [5.41, 5.74) is 1.77. The van der Waals surface area contributed by atoms with Crippen LogP contribution in [0.15, 0.2) is 41.2 Å². The minimum atomic E-state index is -1.22. The number of likely N-dealkylation sites (N-methyl/N-ethyl adjacent to an activating group) is 1. The average Bonchev–Trinajstić information content (AvgIpc) is 2.55. The molecule has 24 heavy (non-hydrogen) atoms. The van der Waals surface area contributed by atoms with Crippen molar-refractivity contribution in [1.29, 1.82) is 0 Å². The first kappa shape index (κ1) is 18.0. The molecule has 0 atom stereocenters. The lowest BCUT2D eigenvalue weighted by molar-refractivity contribution is 0.0695. The van der Waals surface area contributed by atoms with Crippen molar-refractivity contribution in [3.05, 3.63) is 52.3 Å². The van der Waals surface area contributed by atoms with Gasteiger partial charge >= 0.3 is 5.97 Å². The Morgan fingerprint density at radius 1 is 1.12 bits per heavy atom. The minimum Gasteiger partial charge on any atom is -0.477 e. The monoisotopic (exact) mass is 349 g/mol. The van der Waals surface area contributed by atoms with Gasteiger partial charge < -0.3 is 19.9 Å². The number of carboxylic acid groups (broad SMARTS) is 1. The van der Waals surface area contributed by atoms with E-state index in [4.69, 9.17) is 5.11 Å². The van der Waals surface area contributed by atoms with Crippen LogP contribution < -0.4 is 10.5 Å². The standard InChI is InChI=1S/C17H19N3O3.ClH/c1-19-7-9-20(10-8-19)13-4-2-3-12(11-13)15-6-5-14(17(22)23)16(21)18-15;/h2-6,11H,7-10H2,1H3,(H,18,21)(H,22,23);1H. The van der Waals surface area contributed by atoms with Gasteiger partial charge in [-0.2, -0.15) is 0 Å². The molecule has 2 heterocycles. The van der Waals surface area contributed by atoms with Gasteiger partial charge in [0.1, 0.15) is 5.56 Å². The van der Waals surface area contributed by atoms with Crippen LogP contribution in [0.3, 0.4) is 0 Å². The largest absolute Gasteiger partial charge is 0.477 e. The van der Waals surface area contributed by atoms with Crippen molar-refractivity contribution >= 4 is 24.1 Å². The van der Waals surface area contributed by atoms with E-state index in [0.717, 1.165) is 37.4 Å². The molecule has 1 fully saturated rings. The molecule has 1 aromatic carbocycles. The number of rotatable bonds is 3. The van der Waals surface area contributed by atoms with E-state index in [-0.39, 0.29) is 18.0 Å². The molecule has 1 aliphatic rings. The van der Waals surface area contributed by atoms with E-state index in [0.29, 0.717) is 5.69 Å². The normalized spacial score (nSPS) is 15.0. The molecule has 2 aromatic rings. The summed E-state index contributed by atoms with van der Waals surface area (Å²) in [4.78, 5) is 30.0. The van der Waals surface area contributed by atoms with Gasteiger partial charge in [-0.05, 0) is 31.3 Å². The number of nitrogens with zero attached hydrogens (tertiary/aromatic N) is 2. The highest BCUT2D eigenvalue weighted by Gasteiger charge is 2.15. The molecule has 128 valence electrons. The van der Waals surface area contributed by atoms with Crippen LogP contribution in [0, 0.1) is 0 Å². The summed E-state index contributed by atoms with van der Waals surface area (Å²) in [5.74, 6) is -1.22. The number of benzene rings is 1. The number of aromatic nitrogens is 1. The number of carbonyl (C=O) groups is 1. The fraction of sp³-hybridized carbons (Fsp3) is 0.294. The Labute approximate surface area is 146 Å². The van der Waals surface area contributed by atoms with Crippen LogP contribution in [0.4, 0.5) is 5.69 Å². The van der Waals surface area contributed by atoms with E-state index in [9.17, 15) is 9.59 Å². The zero-order valence-corrected chi connectivity index (χ0v) is 14.2. The Hall–Kier alpha value is -2.31. The molecule has 7 heteroatoms. The maximum absolute atomic E-state index is 11.8. The van der Waals surface area contributed by atoms with Crippen LogP contribution in [0.1, 0.15) is 10.4 Å². The van der Waals surface area contributed by atoms with E-state index in [1.807, 2.05) is 18.2 Å². The molecule has 6 nitrogen and oxygen atoms in total. The lowest BCUT2D eigenvalue weighted by Crippen LogP contribution is -2.44. The van der Waals surface area contributed by atoms with E-state index in [2.05, 4.69) is 27.9 Å². The number of aromatic carboxylic acids is 1. The minimum absolute atomic E-state index is 0. The second kappa shape index (κ2) is 7.51. The molecule has 0 amide bonds. The van der Waals surface area contributed by atoms with Gasteiger partial charge in [0.2, 0.25) is 0 Å². The quantitative estimate of drug-likeness (QED) is 0.885. The van der Waals surface area contributed by atoms with Crippen molar-refractivity contribution in [3.63, 3.8) is 0 Å². The number of piperazine rings is 1. The molecule has 2 N–H and O–H groups in total. The fourth-order valence-electron chi connectivity index (χ4n) is 2.75. The SMILES string of the molecule is CN1CCN(c2cccc(-c3ccc(C(=O)O)c(=O)[nH]3)c2)CC1.Cl. The smallest absolute Gasteiger partial charge is 0.341 e. The van der Waals surface area contributed by atoms with E-state index >= 15 is 0 Å². The Balaban J connectivity index is 0.00000208. The van der Waals surface area contributed by atoms with Crippen LogP contribution in [0.25, 0.3) is 11.3 Å². The van der Waals surface area contributed by atoms with Crippen molar-refractivity contribution in [2.24, 2.45) is 0 Å². The van der Waals surface area contributed by atoms with Crippen LogP contribution >= 0.6 is 12.4 Å². The Morgan fingerprint density at radius 2 is 1.83 bits per heavy atom. The second-order valence-corrected chi connectivity index (χ2v) is 5.76. The van der Waals surface area contributed by atoms with Crippen molar-refractivity contribution in [2.75, 3.05) is 38.1 Å². The summed E-state index contributed by atoms with van der Waals surface area (Å²) in [7, 11) is 2.11. The number of hydrogen-bond acceptors (Lipinski definition) is 4. The van der Waals surface area contributed by atoms with Crippen LogP contribution in [0.5, 0.6) is 0 Å². The molecule has 0 unspecified atom stereocenters. The third kappa shape index (κ3) is 3.77. The predicted molar refractivity (Wildman–Crippen MR) is 96.4 cm³/mol. The topological polar surface area (TPSA) is 76.6 Å². The van der Waals surface area contributed by atoms with Crippen LogP contribution in [0.2, 0.25) is 0 Å². The molecular formula is C17H20ClN3O3. The van der Waals surface area contributed by atoms with E-state index in [1.165, 1.54) is 6.07 Å². The highest BCUT2D eigenvalue weighted by atomic mass is 35.5. The lowest BCUT2D eigenvalue weighted by atomic mass is 10.1. The maximum Gasteiger partial charge on any atom is 0.341 e. The molecule has 0 spiro atoms. The third-order valence-electron chi connectivity index (χ3n) is 4.17. The van der Waals surface area contributed by atoms with Gasteiger partial charge in [-0.3, -0.25) is 4.79 Å². The first-order valence-electron chi connectivity index (χ1n) is 7.55. The maximum atomic E-state index is 11.8. The lowest BCUT2D eigenvalue weighted by Gasteiger charge is -2.34. The van der Waals surface area contributed by atoms with Crippen molar-refractivity contribution in [3.8, 4) is 11.3 Å². The third-order valence-corrected chi connectivity index (χ3v) is 4.17. The molecule has 0 bridgehead atoms. The molecule has 1 aromatic heterocycles. The molecule has 0 radical (unpaired) electrons. The number of H-pyrrole nitrogens is 1. The van der Waals surface area contributed by atoms with Crippen molar-refractivity contribution < 1.29 is 9.90 Å². The van der Waals surface area contributed by atoms with Gasteiger partial charge in [0.25, 0.3) is 5.56 Å². The Morgan fingerprint density at radius 3 is 2.46 bits per heavy atom. The zero-order chi connectivity index (χ0) is 16.4. The first-order valence-corrected chi connectivity index (χ1v) is 7.55. The molecule has 3 rings (SSSR count). The molecule has 0 aliphatic carbocycles.